The molecule has 0 aliphatic rings. The number of carboxylic acid groups (broad SMARTS) is 2. The monoisotopic (exact) mass is 249 g/mol. The lowest BCUT2D eigenvalue weighted by atomic mass is 10.2. The Balaban J connectivity index is 4.20. The van der Waals surface area contributed by atoms with E-state index in [1.54, 1.807) is 0 Å². The molecule has 98 valence electrons. The quantitative estimate of drug-likeness (QED) is 0.382. The van der Waals surface area contributed by atoms with Gasteiger partial charge in [-0.25, -0.2) is 9.59 Å². The van der Waals surface area contributed by atoms with E-state index in [9.17, 15) is 19.5 Å². The van der Waals surface area contributed by atoms with Gasteiger partial charge in [-0.3, -0.25) is 4.79 Å². The van der Waals surface area contributed by atoms with Gasteiger partial charge in [-0.05, 0) is 13.0 Å². The molecule has 0 saturated carbocycles. The minimum absolute atomic E-state index is 0.00939. The third-order valence-corrected chi connectivity index (χ3v) is 1.87. The van der Waals surface area contributed by atoms with Gasteiger partial charge in [-0.15, -0.1) is 0 Å². The lowest BCUT2D eigenvalue weighted by molar-refractivity contribution is -0.170. The molecule has 0 unspecified atom stereocenters. The number of carboxylic acids is 2. The van der Waals surface area contributed by atoms with E-state index in [1.165, 1.54) is 0 Å². The predicted octanol–water partition coefficient (Wildman–Crippen LogP) is -1.44. The summed E-state index contributed by atoms with van der Waals surface area (Å²) in [7, 11) is 0. The Kier molecular flexibility index (Phi) is 6.83. The first kappa shape index (κ1) is 15.3. The van der Waals surface area contributed by atoms with Crippen LogP contribution in [0.25, 0.3) is 0 Å². The zero-order chi connectivity index (χ0) is 13.4. The minimum Gasteiger partial charge on any atom is -0.481 e. The Bertz CT molecular complexity index is 291. The van der Waals surface area contributed by atoms with Gasteiger partial charge in [0.2, 0.25) is 0 Å². The summed E-state index contributed by atoms with van der Waals surface area (Å²) >= 11 is 0. The third-order valence-electron chi connectivity index (χ3n) is 1.87. The van der Waals surface area contributed by atoms with Crippen molar-refractivity contribution in [3.63, 3.8) is 0 Å². The molecule has 0 aliphatic heterocycles. The fraction of sp³-hybridized carbons (Fsp3) is 0.667. The van der Waals surface area contributed by atoms with Crippen LogP contribution in [0.3, 0.4) is 0 Å². The van der Waals surface area contributed by atoms with Crippen LogP contribution in [0.2, 0.25) is 0 Å². The summed E-state index contributed by atoms with van der Waals surface area (Å²) in [6.07, 6.45) is -3.89. The Morgan fingerprint density at radius 1 is 1.18 bits per heavy atom. The van der Waals surface area contributed by atoms with Crippen molar-refractivity contribution in [2.45, 2.75) is 31.5 Å². The van der Waals surface area contributed by atoms with Crippen LogP contribution in [0, 0.1) is 0 Å². The number of aliphatic carboxylic acids is 2. The van der Waals surface area contributed by atoms with Crippen LogP contribution in [-0.2, 0) is 19.1 Å². The van der Waals surface area contributed by atoms with Crippen molar-refractivity contribution in [3.05, 3.63) is 0 Å². The van der Waals surface area contributed by atoms with Gasteiger partial charge in [-0.2, -0.15) is 0 Å². The van der Waals surface area contributed by atoms with Gasteiger partial charge in [0.05, 0.1) is 0 Å². The molecule has 0 heterocycles. The molecule has 0 aromatic rings. The number of hydrogen-bond donors (Lipinski definition) is 4. The van der Waals surface area contributed by atoms with E-state index >= 15 is 0 Å². The van der Waals surface area contributed by atoms with Gasteiger partial charge < -0.3 is 25.8 Å². The molecule has 0 aromatic heterocycles. The lowest BCUT2D eigenvalue weighted by Crippen LogP contribution is -2.34. The zero-order valence-corrected chi connectivity index (χ0v) is 9.04. The number of hydrogen-bond acceptors (Lipinski definition) is 6. The highest BCUT2D eigenvalue weighted by molar-refractivity contribution is 5.80. The van der Waals surface area contributed by atoms with E-state index in [1.807, 2.05) is 0 Å². The molecule has 8 nitrogen and oxygen atoms in total. The predicted molar refractivity (Wildman–Crippen MR) is 54.1 cm³/mol. The van der Waals surface area contributed by atoms with Crippen molar-refractivity contribution in [2.75, 3.05) is 6.54 Å². The summed E-state index contributed by atoms with van der Waals surface area (Å²) in [5.74, 6) is -3.70. The summed E-state index contributed by atoms with van der Waals surface area (Å²) in [6.45, 7) is 0.00939. The Morgan fingerprint density at radius 3 is 2.18 bits per heavy atom. The second kappa shape index (κ2) is 7.58. The number of carbonyl (C=O) groups is 3. The Labute approximate surface area is 97.0 Å². The number of aliphatic hydroxyl groups excluding tert-OH is 1. The highest BCUT2D eigenvalue weighted by Crippen LogP contribution is 2.05. The van der Waals surface area contributed by atoms with Crippen LogP contribution in [0.1, 0.15) is 19.3 Å². The van der Waals surface area contributed by atoms with Crippen molar-refractivity contribution >= 4 is 17.9 Å². The number of ether oxygens (including phenoxy) is 1. The first-order valence-electron chi connectivity index (χ1n) is 4.91. The molecule has 0 fully saturated rings. The average Bonchev–Trinajstić information content (AvgIpc) is 2.24. The Hall–Kier alpha value is -1.67. The number of aliphatic hydroxyl groups is 1. The van der Waals surface area contributed by atoms with Crippen molar-refractivity contribution in [1.82, 2.24) is 0 Å². The van der Waals surface area contributed by atoms with Crippen LogP contribution < -0.4 is 5.73 Å². The smallest absolute Gasteiger partial charge is 0.345 e. The van der Waals surface area contributed by atoms with E-state index in [0.29, 0.717) is 0 Å². The molecular weight excluding hydrogens is 234 g/mol. The summed E-state index contributed by atoms with van der Waals surface area (Å²) in [4.78, 5) is 32.0. The van der Waals surface area contributed by atoms with Crippen LogP contribution in [-0.4, -0.2) is 52.0 Å². The van der Waals surface area contributed by atoms with Gasteiger partial charge in [-0.1, -0.05) is 0 Å². The third kappa shape index (κ3) is 6.48. The van der Waals surface area contributed by atoms with Crippen LogP contribution >= 0.6 is 0 Å². The van der Waals surface area contributed by atoms with E-state index in [2.05, 4.69) is 4.74 Å². The van der Waals surface area contributed by atoms with Gasteiger partial charge in [0.1, 0.15) is 0 Å². The molecule has 0 bridgehead atoms. The average molecular weight is 249 g/mol. The molecule has 0 radical (unpaired) electrons. The highest BCUT2D eigenvalue weighted by Gasteiger charge is 2.25. The molecule has 2 atom stereocenters. The first-order chi connectivity index (χ1) is 7.88. The molecule has 0 saturated heterocycles. The number of carbonyl (C=O) groups excluding carboxylic acids is 1. The second-order valence-corrected chi connectivity index (χ2v) is 3.29. The largest absolute Gasteiger partial charge is 0.481 e. The lowest BCUT2D eigenvalue weighted by Gasteiger charge is -2.15. The Morgan fingerprint density at radius 2 is 1.76 bits per heavy atom. The molecule has 0 aliphatic carbocycles. The number of esters is 1. The van der Waals surface area contributed by atoms with Crippen LogP contribution in [0.15, 0.2) is 0 Å². The van der Waals surface area contributed by atoms with Gasteiger partial charge in [0.15, 0.2) is 12.2 Å². The summed E-state index contributed by atoms with van der Waals surface area (Å²) < 4.78 is 4.49. The van der Waals surface area contributed by atoms with Crippen molar-refractivity contribution in [3.8, 4) is 0 Å². The minimum atomic E-state index is -1.65. The second-order valence-electron chi connectivity index (χ2n) is 3.29. The molecular formula is C9H15NO7. The van der Waals surface area contributed by atoms with Gasteiger partial charge in [0, 0.05) is 12.8 Å². The normalized spacial score (nSPS) is 13.8. The maximum absolute atomic E-state index is 11.2. The van der Waals surface area contributed by atoms with Crippen LogP contribution in [0.5, 0.6) is 0 Å². The molecule has 5 N–H and O–H groups in total. The van der Waals surface area contributed by atoms with Crippen molar-refractivity contribution in [1.29, 1.82) is 0 Å². The maximum atomic E-state index is 11.2. The maximum Gasteiger partial charge on any atom is 0.345 e. The van der Waals surface area contributed by atoms with E-state index in [0.717, 1.165) is 0 Å². The molecule has 0 rings (SSSR count). The van der Waals surface area contributed by atoms with E-state index in [4.69, 9.17) is 15.9 Å². The fourth-order valence-electron chi connectivity index (χ4n) is 0.981. The fourth-order valence-corrected chi connectivity index (χ4v) is 0.981. The molecule has 17 heavy (non-hydrogen) atoms. The summed E-state index contributed by atoms with van der Waals surface area (Å²) in [5.41, 5.74) is 5.12. The highest BCUT2D eigenvalue weighted by atomic mass is 16.6. The summed E-state index contributed by atoms with van der Waals surface area (Å²) in [5, 5.41) is 26.2. The molecule has 0 spiro atoms. The molecule has 8 heteroatoms. The SMILES string of the molecule is NCC[C@H](OC(=O)[C@@H](O)CCC(=O)O)C(=O)O. The van der Waals surface area contributed by atoms with Gasteiger partial charge in [0.25, 0.3) is 0 Å². The topological polar surface area (TPSA) is 147 Å². The number of nitrogens with two attached hydrogens (primary N) is 1. The van der Waals surface area contributed by atoms with Gasteiger partial charge >= 0.3 is 17.9 Å². The number of rotatable bonds is 8. The summed E-state index contributed by atoms with van der Waals surface area (Å²) in [6, 6.07) is 0. The van der Waals surface area contributed by atoms with Crippen molar-refractivity contribution in [2.24, 2.45) is 5.73 Å². The molecule has 0 aromatic carbocycles. The van der Waals surface area contributed by atoms with Crippen LogP contribution in [0.4, 0.5) is 0 Å². The van der Waals surface area contributed by atoms with E-state index < -0.39 is 36.5 Å². The first-order valence-corrected chi connectivity index (χ1v) is 4.91. The molecule has 0 amide bonds. The zero-order valence-electron chi connectivity index (χ0n) is 9.04. The standard InChI is InChI=1S/C9H15NO7/c10-4-3-6(8(14)15)17-9(16)5(11)1-2-7(12)13/h5-6,11H,1-4,10H2,(H,12,13)(H,14,15)/t5-,6-/m0/s1. The van der Waals surface area contributed by atoms with E-state index in [-0.39, 0.29) is 19.4 Å². The van der Waals surface area contributed by atoms with Crippen molar-refractivity contribution < 1.29 is 34.4 Å².